The summed E-state index contributed by atoms with van der Waals surface area (Å²) >= 11 is 2.42. The normalized spacial score (nSPS) is 12.4. The average molecular weight is 499 g/mol. The molecule has 6 nitrogen and oxygen atoms in total. The van der Waals surface area contributed by atoms with Crippen LogP contribution in [-0.4, -0.2) is 25.1 Å². The molecule has 0 saturated carbocycles. The Morgan fingerprint density at radius 3 is 2.48 bits per heavy atom. The molecule has 0 unspecified atom stereocenters. The Bertz CT molecular complexity index is 1330. The fraction of sp³-hybridized carbons (Fsp3) is 0.167. The average Bonchev–Trinajstić information content (AvgIpc) is 3.49. The van der Waals surface area contributed by atoms with E-state index in [9.17, 15) is 13.2 Å². The zero-order chi connectivity index (χ0) is 23.4. The van der Waals surface area contributed by atoms with Crippen molar-refractivity contribution in [2.75, 3.05) is 5.75 Å². The molecule has 2 heterocycles. The van der Waals surface area contributed by atoms with Crippen LogP contribution in [0.2, 0.25) is 0 Å². The number of carbonyl (C=O) groups excluding carboxylic acids is 1. The van der Waals surface area contributed by atoms with E-state index in [4.69, 9.17) is 4.42 Å². The number of thioether (sulfide) groups is 1. The Morgan fingerprint density at radius 2 is 1.82 bits per heavy atom. The van der Waals surface area contributed by atoms with Gasteiger partial charge in [0, 0.05) is 0 Å². The highest BCUT2D eigenvalue weighted by Gasteiger charge is 2.29. The minimum Gasteiger partial charge on any atom is -0.428 e. The van der Waals surface area contributed by atoms with E-state index in [1.807, 2.05) is 61.7 Å². The van der Waals surface area contributed by atoms with Gasteiger partial charge < -0.3 is 9.73 Å². The van der Waals surface area contributed by atoms with Crippen LogP contribution in [-0.2, 0) is 14.6 Å². The summed E-state index contributed by atoms with van der Waals surface area (Å²) in [6.07, 6.45) is 0. The summed E-state index contributed by atoms with van der Waals surface area (Å²) in [4.78, 5) is 17.7. The van der Waals surface area contributed by atoms with E-state index in [0.29, 0.717) is 4.88 Å². The van der Waals surface area contributed by atoms with Crippen LogP contribution in [0.3, 0.4) is 0 Å². The third kappa shape index (κ3) is 5.38. The van der Waals surface area contributed by atoms with Crippen LogP contribution in [0.4, 0.5) is 0 Å². The second-order valence-corrected chi connectivity index (χ2v) is 11.2. The molecule has 0 saturated heterocycles. The summed E-state index contributed by atoms with van der Waals surface area (Å²) in [6, 6.07) is 19.7. The van der Waals surface area contributed by atoms with Gasteiger partial charge in [-0.3, -0.25) is 4.79 Å². The second-order valence-electron chi connectivity index (χ2n) is 7.39. The number of sulfone groups is 1. The number of aromatic nitrogens is 1. The van der Waals surface area contributed by atoms with Crippen molar-refractivity contribution in [1.82, 2.24) is 10.3 Å². The highest BCUT2D eigenvalue weighted by Crippen LogP contribution is 2.36. The van der Waals surface area contributed by atoms with Crippen LogP contribution in [0.15, 0.2) is 91.5 Å². The predicted octanol–water partition coefficient (Wildman–Crippen LogP) is 5.51. The van der Waals surface area contributed by atoms with Gasteiger partial charge in [-0.05, 0) is 43.0 Å². The van der Waals surface area contributed by atoms with Gasteiger partial charge in [0.1, 0.15) is 0 Å². The number of carbonyl (C=O) groups is 1. The molecule has 0 aliphatic heterocycles. The first-order valence-corrected chi connectivity index (χ1v) is 13.5. The van der Waals surface area contributed by atoms with E-state index in [1.165, 1.54) is 11.3 Å². The minimum atomic E-state index is -3.92. The standard InChI is InChI=1S/C24H22N2O4S3/c1-16-10-12-19(13-11-16)33(28,29)23-24(30-22(26-23)20-9-6-14-31-20)32-15-21(27)25-17(2)18-7-4-3-5-8-18/h3-14,17H,15H2,1-2H3,(H,25,27)/t17-/m1/s1. The number of hydrogen-bond acceptors (Lipinski definition) is 7. The number of nitrogens with zero attached hydrogens (tertiary/aromatic N) is 1. The molecule has 9 heteroatoms. The van der Waals surface area contributed by atoms with Crippen LogP contribution in [0, 0.1) is 6.92 Å². The van der Waals surface area contributed by atoms with Gasteiger partial charge in [0.2, 0.25) is 31.8 Å². The monoisotopic (exact) mass is 498 g/mol. The van der Waals surface area contributed by atoms with Crippen LogP contribution >= 0.6 is 23.1 Å². The molecule has 1 N–H and O–H groups in total. The molecule has 4 aromatic rings. The number of hydrogen-bond donors (Lipinski definition) is 1. The van der Waals surface area contributed by atoms with Crippen LogP contribution in [0.5, 0.6) is 0 Å². The van der Waals surface area contributed by atoms with E-state index in [2.05, 4.69) is 10.3 Å². The SMILES string of the molecule is Cc1ccc(S(=O)(=O)c2nc(-c3cccs3)oc2SCC(=O)N[C@H](C)c2ccccc2)cc1. The molecular formula is C24H22N2O4S3. The van der Waals surface area contributed by atoms with E-state index in [-0.39, 0.29) is 38.6 Å². The summed E-state index contributed by atoms with van der Waals surface area (Å²) in [5.41, 5.74) is 1.94. The number of oxazole rings is 1. The molecule has 1 amide bonds. The van der Waals surface area contributed by atoms with Crippen molar-refractivity contribution in [2.24, 2.45) is 0 Å². The van der Waals surface area contributed by atoms with E-state index < -0.39 is 9.84 Å². The van der Waals surface area contributed by atoms with Gasteiger partial charge in [-0.1, -0.05) is 65.9 Å². The predicted molar refractivity (Wildman–Crippen MR) is 130 cm³/mol. The maximum atomic E-state index is 13.3. The van der Waals surface area contributed by atoms with Crippen molar-refractivity contribution in [2.45, 2.75) is 34.9 Å². The third-order valence-electron chi connectivity index (χ3n) is 4.90. The highest BCUT2D eigenvalue weighted by atomic mass is 32.2. The number of benzene rings is 2. The fourth-order valence-electron chi connectivity index (χ4n) is 3.13. The Balaban J connectivity index is 1.58. The van der Waals surface area contributed by atoms with Gasteiger partial charge in [-0.25, -0.2) is 8.42 Å². The maximum Gasteiger partial charge on any atom is 0.238 e. The van der Waals surface area contributed by atoms with E-state index >= 15 is 0 Å². The molecule has 0 aliphatic carbocycles. The molecular weight excluding hydrogens is 476 g/mol. The summed E-state index contributed by atoms with van der Waals surface area (Å²) in [5, 5.41) is 4.71. The van der Waals surface area contributed by atoms with Gasteiger partial charge in [0.25, 0.3) is 0 Å². The molecule has 0 fully saturated rings. The van der Waals surface area contributed by atoms with E-state index in [0.717, 1.165) is 22.9 Å². The van der Waals surface area contributed by atoms with Gasteiger partial charge in [0.15, 0.2) is 0 Å². The fourth-order valence-corrected chi connectivity index (χ4v) is 6.12. The summed E-state index contributed by atoms with van der Waals surface area (Å²) in [5.74, 6) is -0.0208. The first kappa shape index (κ1) is 23.3. The van der Waals surface area contributed by atoms with Gasteiger partial charge >= 0.3 is 0 Å². The van der Waals surface area contributed by atoms with Gasteiger partial charge in [-0.2, -0.15) is 4.98 Å². The number of nitrogens with one attached hydrogen (secondary N) is 1. The van der Waals surface area contributed by atoms with Gasteiger partial charge in [-0.15, -0.1) is 11.3 Å². The molecule has 2 aromatic heterocycles. The Morgan fingerprint density at radius 1 is 1.09 bits per heavy atom. The molecule has 170 valence electrons. The summed E-state index contributed by atoms with van der Waals surface area (Å²) in [7, 11) is -3.92. The first-order chi connectivity index (χ1) is 15.8. The number of thiophene rings is 1. The van der Waals surface area contributed by atoms with Crippen molar-refractivity contribution in [1.29, 1.82) is 0 Å². The van der Waals surface area contributed by atoms with Gasteiger partial charge in [0.05, 0.1) is 21.6 Å². The van der Waals surface area contributed by atoms with Crippen LogP contribution in [0.1, 0.15) is 24.1 Å². The smallest absolute Gasteiger partial charge is 0.238 e. The lowest BCUT2D eigenvalue weighted by Gasteiger charge is -2.13. The zero-order valence-electron chi connectivity index (χ0n) is 18.0. The highest BCUT2D eigenvalue weighted by molar-refractivity contribution is 8.00. The zero-order valence-corrected chi connectivity index (χ0v) is 20.5. The lowest BCUT2D eigenvalue weighted by Crippen LogP contribution is -2.28. The molecule has 0 bridgehead atoms. The minimum absolute atomic E-state index is 0.00728. The largest absolute Gasteiger partial charge is 0.428 e. The summed E-state index contributed by atoms with van der Waals surface area (Å²) < 4.78 is 32.5. The molecule has 4 rings (SSSR count). The molecule has 0 aliphatic rings. The third-order valence-corrected chi connectivity index (χ3v) is 8.51. The lowest BCUT2D eigenvalue weighted by atomic mass is 10.1. The quantitative estimate of drug-likeness (QED) is 0.322. The molecule has 1 atom stereocenters. The number of aryl methyl sites for hydroxylation is 1. The maximum absolute atomic E-state index is 13.3. The van der Waals surface area contributed by atoms with Crippen molar-refractivity contribution in [3.8, 4) is 10.8 Å². The number of rotatable bonds is 8. The number of amides is 1. The molecule has 0 spiro atoms. The Kier molecular flexibility index (Phi) is 7.02. The summed E-state index contributed by atoms with van der Waals surface area (Å²) in [6.45, 7) is 3.78. The topological polar surface area (TPSA) is 89.3 Å². The van der Waals surface area contributed by atoms with Crippen molar-refractivity contribution in [3.05, 3.63) is 83.2 Å². The van der Waals surface area contributed by atoms with Crippen molar-refractivity contribution < 1.29 is 17.6 Å². The van der Waals surface area contributed by atoms with Crippen molar-refractivity contribution >= 4 is 38.8 Å². The van der Waals surface area contributed by atoms with Crippen molar-refractivity contribution in [3.63, 3.8) is 0 Å². The van der Waals surface area contributed by atoms with E-state index in [1.54, 1.807) is 24.3 Å². The molecule has 0 radical (unpaired) electrons. The molecule has 2 aromatic carbocycles. The molecule has 33 heavy (non-hydrogen) atoms. The Hall–Kier alpha value is -2.88. The van der Waals surface area contributed by atoms with Crippen LogP contribution < -0.4 is 5.32 Å². The second kappa shape index (κ2) is 9.94. The first-order valence-electron chi connectivity index (χ1n) is 10.2. The lowest BCUT2D eigenvalue weighted by molar-refractivity contribution is -0.119. The van der Waals surface area contributed by atoms with Crippen LogP contribution in [0.25, 0.3) is 10.8 Å². The Labute approximate surface area is 201 Å².